The molecule has 110 valence electrons. The molecule has 1 aliphatic heterocycles. The monoisotopic (exact) mass is 271 g/mol. The van der Waals surface area contributed by atoms with Crippen LogP contribution in [0.2, 0.25) is 0 Å². The number of hydrogen-bond donors (Lipinski definition) is 2. The van der Waals surface area contributed by atoms with E-state index in [2.05, 4.69) is 27.2 Å². The molecule has 0 aromatic heterocycles. The summed E-state index contributed by atoms with van der Waals surface area (Å²) in [5.74, 6) is -0.309. The van der Waals surface area contributed by atoms with Gasteiger partial charge in [-0.05, 0) is 32.4 Å². The van der Waals surface area contributed by atoms with Crippen molar-refractivity contribution < 1.29 is 14.3 Å². The average molecular weight is 271 g/mol. The minimum absolute atomic E-state index is 0.237. The van der Waals surface area contributed by atoms with Crippen LogP contribution >= 0.6 is 0 Å². The van der Waals surface area contributed by atoms with Crippen molar-refractivity contribution in [3.8, 4) is 0 Å². The molecule has 1 fully saturated rings. The molecule has 2 amide bonds. The molecular weight excluding hydrogens is 246 g/mol. The molecule has 0 saturated carbocycles. The zero-order chi connectivity index (χ0) is 14.1. The van der Waals surface area contributed by atoms with Gasteiger partial charge in [0.2, 0.25) is 5.91 Å². The van der Waals surface area contributed by atoms with Crippen LogP contribution in [-0.4, -0.2) is 56.2 Å². The molecule has 0 aromatic carbocycles. The predicted octanol–water partition coefficient (Wildman–Crippen LogP) is 0.723. The highest BCUT2D eigenvalue weighted by Crippen LogP contribution is 2.08. The number of rotatable bonds is 6. The van der Waals surface area contributed by atoms with E-state index in [0.29, 0.717) is 6.04 Å². The molecule has 1 atom stereocenters. The van der Waals surface area contributed by atoms with Crippen LogP contribution in [0.15, 0.2) is 0 Å². The molecule has 19 heavy (non-hydrogen) atoms. The highest BCUT2D eigenvalue weighted by Gasteiger charge is 2.18. The van der Waals surface area contributed by atoms with Crippen molar-refractivity contribution in [2.45, 2.75) is 38.6 Å². The molecule has 1 rings (SSSR count). The van der Waals surface area contributed by atoms with Gasteiger partial charge in [0, 0.05) is 12.6 Å². The second-order valence-electron chi connectivity index (χ2n) is 4.92. The lowest BCUT2D eigenvalue weighted by Crippen LogP contribution is -2.47. The van der Waals surface area contributed by atoms with E-state index in [4.69, 9.17) is 0 Å². The van der Waals surface area contributed by atoms with Gasteiger partial charge in [0.25, 0.3) is 0 Å². The fourth-order valence-corrected chi connectivity index (χ4v) is 2.35. The van der Waals surface area contributed by atoms with Gasteiger partial charge < -0.3 is 10.1 Å². The Morgan fingerprint density at radius 2 is 2.21 bits per heavy atom. The molecule has 0 aliphatic carbocycles. The van der Waals surface area contributed by atoms with Crippen LogP contribution in [0.1, 0.15) is 32.6 Å². The third kappa shape index (κ3) is 6.54. The van der Waals surface area contributed by atoms with Crippen molar-refractivity contribution in [2.75, 3.05) is 33.3 Å². The summed E-state index contributed by atoms with van der Waals surface area (Å²) in [6, 6.07) is 0.450. The van der Waals surface area contributed by atoms with Crippen LogP contribution in [0.5, 0.6) is 0 Å². The number of nitrogens with one attached hydrogen (secondary N) is 2. The first kappa shape index (κ1) is 15.9. The van der Waals surface area contributed by atoms with E-state index >= 15 is 0 Å². The van der Waals surface area contributed by atoms with Gasteiger partial charge in [0.05, 0.1) is 13.7 Å². The van der Waals surface area contributed by atoms with E-state index in [0.717, 1.165) is 32.5 Å². The van der Waals surface area contributed by atoms with Gasteiger partial charge in [-0.25, -0.2) is 4.79 Å². The Labute approximate surface area is 114 Å². The molecule has 0 radical (unpaired) electrons. The predicted molar refractivity (Wildman–Crippen MR) is 72.9 cm³/mol. The number of imide groups is 1. The van der Waals surface area contributed by atoms with Crippen LogP contribution in [-0.2, 0) is 9.53 Å². The van der Waals surface area contributed by atoms with Gasteiger partial charge in [0.15, 0.2) is 0 Å². The zero-order valence-electron chi connectivity index (χ0n) is 11.9. The fourth-order valence-electron chi connectivity index (χ4n) is 2.35. The maximum atomic E-state index is 11.7. The summed E-state index contributed by atoms with van der Waals surface area (Å²) < 4.78 is 4.41. The molecule has 1 aliphatic rings. The Morgan fingerprint density at radius 1 is 1.42 bits per heavy atom. The van der Waals surface area contributed by atoms with Gasteiger partial charge in [-0.3, -0.25) is 15.0 Å². The number of nitrogens with zero attached hydrogens (tertiary/aromatic N) is 1. The molecule has 1 unspecified atom stereocenters. The summed E-state index contributed by atoms with van der Waals surface area (Å²) in [6.45, 7) is 5.08. The Morgan fingerprint density at radius 3 is 2.79 bits per heavy atom. The number of alkyl carbamates (subject to hydrolysis) is 1. The van der Waals surface area contributed by atoms with Gasteiger partial charge in [-0.2, -0.15) is 0 Å². The molecule has 1 saturated heterocycles. The third-order valence-electron chi connectivity index (χ3n) is 3.22. The molecular formula is C13H25N3O3. The highest BCUT2D eigenvalue weighted by atomic mass is 16.5. The second kappa shape index (κ2) is 8.87. The molecule has 0 aromatic rings. The Bertz CT molecular complexity index is 291. The van der Waals surface area contributed by atoms with Crippen LogP contribution < -0.4 is 10.6 Å². The minimum atomic E-state index is -0.697. The summed E-state index contributed by atoms with van der Waals surface area (Å²) in [5.41, 5.74) is 0. The van der Waals surface area contributed by atoms with Crippen LogP contribution in [0.3, 0.4) is 0 Å². The molecule has 6 nitrogen and oxygen atoms in total. The quantitative estimate of drug-likeness (QED) is 0.745. The number of methoxy groups -OCH3 is 1. The van der Waals surface area contributed by atoms with Crippen molar-refractivity contribution in [2.24, 2.45) is 0 Å². The maximum Gasteiger partial charge on any atom is 0.413 e. The van der Waals surface area contributed by atoms with Crippen molar-refractivity contribution >= 4 is 12.0 Å². The topological polar surface area (TPSA) is 70.7 Å². The van der Waals surface area contributed by atoms with Gasteiger partial charge in [-0.1, -0.05) is 13.3 Å². The third-order valence-corrected chi connectivity index (χ3v) is 3.22. The van der Waals surface area contributed by atoms with Gasteiger partial charge in [0.1, 0.15) is 0 Å². The highest BCUT2D eigenvalue weighted by molar-refractivity contribution is 5.92. The van der Waals surface area contributed by atoms with E-state index in [9.17, 15) is 9.59 Å². The van der Waals surface area contributed by atoms with E-state index in [-0.39, 0.29) is 12.5 Å². The Balaban J connectivity index is 2.37. The van der Waals surface area contributed by atoms with Crippen molar-refractivity contribution in [1.29, 1.82) is 0 Å². The average Bonchev–Trinajstić information content (AvgIpc) is 2.39. The standard InChI is InChI=1S/C13H25N3O3/c1-3-8-16(9-11-6-4-5-7-14-11)10-12(17)15-13(18)19-2/h11,14H,3-10H2,1-2H3,(H,15,17,18). The number of carbonyl (C=O) groups excluding carboxylic acids is 2. The summed E-state index contributed by atoms with van der Waals surface area (Å²) in [4.78, 5) is 24.7. The summed E-state index contributed by atoms with van der Waals surface area (Å²) >= 11 is 0. The SMILES string of the molecule is CCCN(CC(=O)NC(=O)OC)CC1CCCCN1. The summed E-state index contributed by atoms with van der Waals surface area (Å²) in [5, 5.41) is 5.66. The van der Waals surface area contributed by atoms with E-state index < -0.39 is 6.09 Å². The van der Waals surface area contributed by atoms with Crippen molar-refractivity contribution in [3.63, 3.8) is 0 Å². The van der Waals surface area contributed by atoms with Crippen LogP contribution in [0.25, 0.3) is 0 Å². The number of ether oxygens (including phenoxy) is 1. The lowest BCUT2D eigenvalue weighted by molar-refractivity contribution is -0.121. The van der Waals surface area contributed by atoms with E-state index in [1.165, 1.54) is 20.0 Å². The number of amides is 2. The first-order valence-corrected chi connectivity index (χ1v) is 6.99. The number of hydrogen-bond acceptors (Lipinski definition) is 5. The number of carbonyl (C=O) groups is 2. The van der Waals surface area contributed by atoms with E-state index in [1.54, 1.807) is 0 Å². The first-order chi connectivity index (χ1) is 9.15. The van der Waals surface area contributed by atoms with E-state index in [1.807, 2.05) is 0 Å². The molecule has 2 N–H and O–H groups in total. The van der Waals surface area contributed by atoms with Crippen LogP contribution in [0, 0.1) is 0 Å². The lowest BCUT2D eigenvalue weighted by Gasteiger charge is -2.29. The molecule has 6 heteroatoms. The zero-order valence-corrected chi connectivity index (χ0v) is 11.9. The molecule has 0 spiro atoms. The normalized spacial score (nSPS) is 19.2. The first-order valence-electron chi connectivity index (χ1n) is 6.99. The van der Waals surface area contributed by atoms with Crippen molar-refractivity contribution in [1.82, 2.24) is 15.5 Å². The van der Waals surface area contributed by atoms with Gasteiger partial charge >= 0.3 is 6.09 Å². The van der Waals surface area contributed by atoms with Gasteiger partial charge in [-0.15, -0.1) is 0 Å². The number of piperidine rings is 1. The fraction of sp³-hybridized carbons (Fsp3) is 0.846. The van der Waals surface area contributed by atoms with Crippen molar-refractivity contribution in [3.05, 3.63) is 0 Å². The maximum absolute atomic E-state index is 11.7. The second-order valence-corrected chi connectivity index (χ2v) is 4.92. The van der Waals surface area contributed by atoms with Crippen LogP contribution in [0.4, 0.5) is 4.79 Å². The lowest BCUT2D eigenvalue weighted by atomic mass is 10.0. The Hall–Kier alpha value is -1.14. The Kier molecular flexibility index (Phi) is 7.43. The molecule has 1 heterocycles. The largest absolute Gasteiger partial charge is 0.453 e. The molecule has 0 bridgehead atoms. The minimum Gasteiger partial charge on any atom is -0.453 e. The smallest absolute Gasteiger partial charge is 0.413 e. The summed E-state index contributed by atoms with van der Waals surface area (Å²) in [7, 11) is 1.25. The summed E-state index contributed by atoms with van der Waals surface area (Å²) in [6.07, 6.45) is 3.91.